The summed E-state index contributed by atoms with van der Waals surface area (Å²) in [5.41, 5.74) is 2.26. The first-order valence-corrected chi connectivity index (χ1v) is 9.25. The van der Waals surface area contributed by atoms with Crippen molar-refractivity contribution in [3.05, 3.63) is 69.5 Å². The number of aliphatic carboxylic acids is 1. The Labute approximate surface area is 170 Å². The number of carboxylic acid groups (broad SMARTS) is 1. The summed E-state index contributed by atoms with van der Waals surface area (Å²) in [7, 11) is 1.60. The van der Waals surface area contributed by atoms with Gasteiger partial charge in [-0.2, -0.15) is 0 Å². The molecule has 0 radical (unpaired) electrons. The quantitative estimate of drug-likeness (QED) is 0.508. The number of pyridine rings is 1. The van der Waals surface area contributed by atoms with Crippen molar-refractivity contribution in [1.82, 2.24) is 4.98 Å². The zero-order chi connectivity index (χ0) is 20.3. The van der Waals surface area contributed by atoms with Crippen LogP contribution in [0.2, 0.25) is 0 Å². The van der Waals surface area contributed by atoms with Crippen molar-refractivity contribution in [2.45, 2.75) is 13.5 Å². The first-order chi connectivity index (χ1) is 13.4. The molecular weight excluding hydrogens is 427 g/mol. The van der Waals surface area contributed by atoms with E-state index in [4.69, 9.17) is 4.74 Å². The number of nitrogens with one attached hydrogen (secondary N) is 1. The Morgan fingerprint density at radius 1 is 1.29 bits per heavy atom. The lowest BCUT2D eigenvalue weighted by Gasteiger charge is -2.12. The van der Waals surface area contributed by atoms with E-state index in [0.29, 0.717) is 33.3 Å². The van der Waals surface area contributed by atoms with Crippen LogP contribution in [0.1, 0.15) is 18.1 Å². The van der Waals surface area contributed by atoms with Crippen LogP contribution in [0.15, 0.2) is 52.5 Å². The number of anilines is 1. The molecule has 7 heteroatoms. The van der Waals surface area contributed by atoms with Crippen LogP contribution in [0.5, 0.6) is 5.75 Å². The molecule has 0 aliphatic rings. The number of rotatable bonds is 6. The second-order valence-electron chi connectivity index (χ2n) is 6.22. The number of carboxylic acids is 1. The molecule has 28 heavy (non-hydrogen) atoms. The van der Waals surface area contributed by atoms with E-state index in [9.17, 15) is 14.3 Å². The Balaban J connectivity index is 2.00. The Morgan fingerprint density at radius 3 is 2.64 bits per heavy atom. The predicted octanol–water partition coefficient (Wildman–Crippen LogP) is 5.25. The molecular formula is C21H18BrFN2O3. The van der Waals surface area contributed by atoms with Gasteiger partial charge in [-0.15, -0.1) is 0 Å². The molecule has 0 atom stereocenters. The average Bonchev–Trinajstić information content (AvgIpc) is 2.68. The van der Waals surface area contributed by atoms with Crippen molar-refractivity contribution in [2.75, 3.05) is 12.4 Å². The SMILES string of the molecule is COc1ccc(CNc2nc3cc(F)c(Br)cc3cc2C=C(C)C(=O)O)cc1. The van der Waals surface area contributed by atoms with Gasteiger partial charge in [-0.3, -0.25) is 0 Å². The summed E-state index contributed by atoms with van der Waals surface area (Å²) in [6.07, 6.45) is 1.54. The maximum Gasteiger partial charge on any atom is 0.331 e. The molecule has 0 aliphatic carbocycles. The molecule has 0 unspecified atom stereocenters. The Morgan fingerprint density at radius 2 is 2.00 bits per heavy atom. The first kappa shape index (κ1) is 19.8. The molecule has 0 spiro atoms. The van der Waals surface area contributed by atoms with Gasteiger partial charge in [0.1, 0.15) is 17.4 Å². The van der Waals surface area contributed by atoms with Gasteiger partial charge in [-0.25, -0.2) is 14.2 Å². The fourth-order valence-corrected chi connectivity index (χ4v) is 3.02. The fraction of sp³-hybridized carbons (Fsp3) is 0.143. The van der Waals surface area contributed by atoms with Crippen LogP contribution in [0.3, 0.4) is 0 Å². The standard InChI is InChI=1S/C21H18BrFN2O3/c1-12(21(26)27)7-15-8-14-9-17(22)18(23)10-19(14)25-20(15)24-11-13-3-5-16(28-2)6-4-13/h3-10H,11H2,1-2H3,(H,24,25)(H,26,27). The third kappa shape index (κ3) is 4.48. The van der Waals surface area contributed by atoms with Gasteiger partial charge in [-0.1, -0.05) is 12.1 Å². The number of fused-ring (bicyclic) bond motifs is 1. The van der Waals surface area contributed by atoms with E-state index in [1.165, 1.54) is 13.0 Å². The minimum Gasteiger partial charge on any atom is -0.497 e. The summed E-state index contributed by atoms with van der Waals surface area (Å²) in [5.74, 6) is -0.187. The largest absolute Gasteiger partial charge is 0.497 e. The average molecular weight is 445 g/mol. The van der Waals surface area contributed by atoms with Crippen molar-refractivity contribution >= 4 is 44.7 Å². The van der Waals surface area contributed by atoms with E-state index in [0.717, 1.165) is 11.3 Å². The molecule has 0 saturated carbocycles. The summed E-state index contributed by atoms with van der Waals surface area (Å²) in [5, 5.41) is 13.1. The lowest BCUT2D eigenvalue weighted by atomic mass is 10.1. The molecule has 0 bridgehead atoms. The van der Waals surface area contributed by atoms with E-state index in [1.807, 2.05) is 24.3 Å². The van der Waals surface area contributed by atoms with E-state index in [1.54, 1.807) is 25.3 Å². The van der Waals surface area contributed by atoms with Gasteiger partial charge in [0.25, 0.3) is 0 Å². The summed E-state index contributed by atoms with van der Waals surface area (Å²) < 4.78 is 19.4. The molecule has 1 heterocycles. The maximum atomic E-state index is 13.9. The molecule has 0 amide bonds. The number of methoxy groups -OCH3 is 1. The van der Waals surface area contributed by atoms with Crippen molar-refractivity contribution < 1.29 is 19.0 Å². The number of hydrogen-bond acceptors (Lipinski definition) is 4. The van der Waals surface area contributed by atoms with E-state index in [2.05, 4.69) is 26.2 Å². The second kappa shape index (κ2) is 8.39. The van der Waals surface area contributed by atoms with Gasteiger partial charge in [-0.05, 0) is 58.8 Å². The lowest BCUT2D eigenvalue weighted by Crippen LogP contribution is -2.05. The molecule has 2 N–H and O–H groups in total. The van der Waals surface area contributed by atoms with Crippen LogP contribution in [-0.2, 0) is 11.3 Å². The van der Waals surface area contributed by atoms with Crippen molar-refractivity contribution in [1.29, 1.82) is 0 Å². The first-order valence-electron chi connectivity index (χ1n) is 8.45. The minimum absolute atomic E-state index is 0.176. The van der Waals surface area contributed by atoms with E-state index >= 15 is 0 Å². The number of carbonyl (C=O) groups is 1. The molecule has 1 aromatic heterocycles. The number of hydrogen-bond donors (Lipinski definition) is 2. The number of aromatic nitrogens is 1. The highest BCUT2D eigenvalue weighted by atomic mass is 79.9. The fourth-order valence-electron chi connectivity index (χ4n) is 2.66. The van der Waals surface area contributed by atoms with Crippen LogP contribution in [0.25, 0.3) is 17.0 Å². The Kier molecular flexibility index (Phi) is 5.94. The smallest absolute Gasteiger partial charge is 0.331 e. The van der Waals surface area contributed by atoms with Crippen LogP contribution in [0, 0.1) is 5.82 Å². The van der Waals surface area contributed by atoms with Crippen LogP contribution >= 0.6 is 15.9 Å². The predicted molar refractivity (Wildman–Crippen MR) is 111 cm³/mol. The Bertz CT molecular complexity index is 1070. The summed E-state index contributed by atoms with van der Waals surface area (Å²) in [4.78, 5) is 15.7. The molecule has 2 aromatic carbocycles. The molecule has 3 aromatic rings. The third-order valence-electron chi connectivity index (χ3n) is 4.21. The van der Waals surface area contributed by atoms with Gasteiger partial charge in [0, 0.05) is 29.1 Å². The zero-order valence-electron chi connectivity index (χ0n) is 15.3. The highest BCUT2D eigenvalue weighted by Gasteiger charge is 2.11. The monoisotopic (exact) mass is 444 g/mol. The van der Waals surface area contributed by atoms with Gasteiger partial charge in [0.05, 0.1) is 17.1 Å². The minimum atomic E-state index is -1.01. The highest BCUT2D eigenvalue weighted by Crippen LogP contribution is 2.28. The molecule has 3 rings (SSSR count). The van der Waals surface area contributed by atoms with E-state index in [-0.39, 0.29) is 5.57 Å². The molecule has 0 fully saturated rings. The number of ether oxygens (including phenoxy) is 1. The van der Waals surface area contributed by atoms with Gasteiger partial charge < -0.3 is 15.2 Å². The number of halogens is 2. The van der Waals surface area contributed by atoms with Crippen LogP contribution in [-0.4, -0.2) is 23.2 Å². The second-order valence-corrected chi connectivity index (χ2v) is 7.07. The van der Waals surface area contributed by atoms with Crippen LogP contribution < -0.4 is 10.1 Å². The van der Waals surface area contributed by atoms with Gasteiger partial charge in [0.2, 0.25) is 0 Å². The normalized spacial score (nSPS) is 11.5. The molecule has 144 valence electrons. The van der Waals surface area contributed by atoms with Crippen LogP contribution in [0.4, 0.5) is 10.2 Å². The van der Waals surface area contributed by atoms with Crippen molar-refractivity contribution in [3.63, 3.8) is 0 Å². The van der Waals surface area contributed by atoms with Gasteiger partial charge >= 0.3 is 5.97 Å². The topological polar surface area (TPSA) is 71.5 Å². The van der Waals surface area contributed by atoms with Crippen molar-refractivity contribution in [3.8, 4) is 5.75 Å². The van der Waals surface area contributed by atoms with E-state index < -0.39 is 11.8 Å². The Hall–Kier alpha value is -2.93. The van der Waals surface area contributed by atoms with Gasteiger partial charge in [0.15, 0.2) is 0 Å². The maximum absolute atomic E-state index is 13.9. The number of benzene rings is 2. The molecule has 0 saturated heterocycles. The zero-order valence-corrected chi connectivity index (χ0v) is 16.9. The van der Waals surface area contributed by atoms with Crippen molar-refractivity contribution in [2.24, 2.45) is 0 Å². The highest BCUT2D eigenvalue weighted by molar-refractivity contribution is 9.10. The molecule has 5 nitrogen and oxygen atoms in total. The lowest BCUT2D eigenvalue weighted by molar-refractivity contribution is -0.132. The number of nitrogens with zero attached hydrogens (tertiary/aromatic N) is 1. The summed E-state index contributed by atoms with van der Waals surface area (Å²) >= 11 is 3.17. The summed E-state index contributed by atoms with van der Waals surface area (Å²) in [6, 6.07) is 12.3. The molecule has 0 aliphatic heterocycles. The summed E-state index contributed by atoms with van der Waals surface area (Å²) in [6.45, 7) is 1.98. The third-order valence-corrected chi connectivity index (χ3v) is 4.82.